The number of rotatable bonds is 6. The molecule has 0 fully saturated rings. The quantitative estimate of drug-likeness (QED) is 0.464. The van der Waals surface area contributed by atoms with Crippen LogP contribution in [0.5, 0.6) is 5.75 Å². The Balaban J connectivity index is 1.87. The van der Waals surface area contributed by atoms with E-state index in [0.717, 1.165) is 4.47 Å². The maximum Gasteiger partial charge on any atom is 0.280 e. The Kier molecular flexibility index (Phi) is 6.02. The van der Waals surface area contributed by atoms with Gasteiger partial charge in [0, 0.05) is 16.6 Å². The number of carbonyl (C=O) groups excluding carboxylic acids is 1. The van der Waals surface area contributed by atoms with Gasteiger partial charge in [-0.05, 0) is 48.9 Å². The van der Waals surface area contributed by atoms with E-state index in [4.69, 9.17) is 4.74 Å². The third-order valence-corrected chi connectivity index (χ3v) is 3.52. The van der Waals surface area contributed by atoms with Crippen molar-refractivity contribution >= 4 is 33.7 Å². The molecular formula is C16H14BrN3O4. The van der Waals surface area contributed by atoms with E-state index in [0.29, 0.717) is 11.3 Å². The van der Waals surface area contributed by atoms with Crippen LogP contribution in [0.2, 0.25) is 0 Å². The van der Waals surface area contributed by atoms with E-state index >= 15 is 0 Å². The number of ether oxygens (including phenoxy) is 1. The van der Waals surface area contributed by atoms with Crippen molar-refractivity contribution in [3.8, 4) is 5.75 Å². The molecule has 0 bridgehead atoms. The summed E-state index contributed by atoms with van der Waals surface area (Å²) in [5.41, 5.74) is 2.98. The Bertz CT molecular complexity index is 745. The first-order valence-electron chi connectivity index (χ1n) is 6.95. The lowest BCUT2D eigenvalue weighted by molar-refractivity contribution is -0.384. The highest BCUT2D eigenvalue weighted by molar-refractivity contribution is 9.10. The summed E-state index contributed by atoms with van der Waals surface area (Å²) in [4.78, 5) is 22.0. The molecular weight excluding hydrogens is 378 g/mol. The van der Waals surface area contributed by atoms with Crippen LogP contribution in [0.3, 0.4) is 0 Å². The van der Waals surface area contributed by atoms with Gasteiger partial charge in [-0.3, -0.25) is 14.9 Å². The highest BCUT2D eigenvalue weighted by Crippen LogP contribution is 2.17. The molecule has 0 radical (unpaired) electrons. The van der Waals surface area contributed by atoms with Gasteiger partial charge in [-0.15, -0.1) is 0 Å². The molecule has 0 spiro atoms. The molecule has 1 N–H and O–H groups in total. The molecule has 2 aromatic rings. The van der Waals surface area contributed by atoms with Crippen LogP contribution in [0.15, 0.2) is 58.1 Å². The molecule has 0 heterocycles. The van der Waals surface area contributed by atoms with Gasteiger partial charge in [0.15, 0.2) is 6.10 Å². The Morgan fingerprint density at radius 2 is 1.88 bits per heavy atom. The van der Waals surface area contributed by atoms with Crippen LogP contribution < -0.4 is 10.2 Å². The predicted octanol–water partition coefficient (Wildman–Crippen LogP) is 3.27. The third kappa shape index (κ3) is 5.17. The summed E-state index contributed by atoms with van der Waals surface area (Å²) >= 11 is 3.32. The Labute approximate surface area is 146 Å². The van der Waals surface area contributed by atoms with Crippen molar-refractivity contribution in [3.63, 3.8) is 0 Å². The van der Waals surface area contributed by atoms with Gasteiger partial charge in [0.05, 0.1) is 11.1 Å². The summed E-state index contributed by atoms with van der Waals surface area (Å²) in [6.45, 7) is 1.61. The lowest BCUT2D eigenvalue weighted by Gasteiger charge is -2.12. The van der Waals surface area contributed by atoms with Gasteiger partial charge in [-0.2, -0.15) is 5.10 Å². The topological polar surface area (TPSA) is 93.8 Å². The minimum absolute atomic E-state index is 0.00675. The number of nitro benzene ring substituents is 1. The molecule has 8 heteroatoms. The summed E-state index contributed by atoms with van der Waals surface area (Å²) in [6.07, 6.45) is 0.675. The summed E-state index contributed by atoms with van der Waals surface area (Å²) < 4.78 is 6.41. The van der Waals surface area contributed by atoms with Crippen LogP contribution in [0.1, 0.15) is 12.5 Å². The van der Waals surface area contributed by atoms with Crippen molar-refractivity contribution < 1.29 is 14.5 Å². The minimum Gasteiger partial charge on any atom is -0.481 e. The summed E-state index contributed by atoms with van der Waals surface area (Å²) in [5.74, 6) is 0.163. The summed E-state index contributed by atoms with van der Waals surface area (Å²) in [7, 11) is 0. The number of nitro groups is 1. The van der Waals surface area contributed by atoms with Crippen LogP contribution in [0.25, 0.3) is 0 Å². The largest absolute Gasteiger partial charge is 0.481 e. The smallest absolute Gasteiger partial charge is 0.280 e. The predicted molar refractivity (Wildman–Crippen MR) is 93.1 cm³/mol. The molecule has 7 nitrogen and oxygen atoms in total. The van der Waals surface area contributed by atoms with E-state index < -0.39 is 16.9 Å². The monoisotopic (exact) mass is 391 g/mol. The van der Waals surface area contributed by atoms with Gasteiger partial charge in [0.25, 0.3) is 11.6 Å². The number of nitrogens with one attached hydrogen (secondary N) is 1. The van der Waals surface area contributed by atoms with Gasteiger partial charge in [0.2, 0.25) is 0 Å². The fourth-order valence-electron chi connectivity index (χ4n) is 1.71. The van der Waals surface area contributed by atoms with Crippen molar-refractivity contribution in [2.24, 2.45) is 5.10 Å². The standard InChI is InChI=1S/C16H14BrN3O4/c1-11(24-15-8-4-13(17)5-9-15)16(21)19-18-10-12-2-6-14(7-3-12)20(22)23/h2-11H,1H3,(H,19,21)/b18-10-/t11-/m0/s1. The number of nitrogens with zero attached hydrogens (tertiary/aromatic N) is 2. The van der Waals surface area contributed by atoms with Gasteiger partial charge in [-0.1, -0.05) is 15.9 Å². The van der Waals surface area contributed by atoms with Crippen molar-refractivity contribution in [1.82, 2.24) is 5.43 Å². The van der Waals surface area contributed by atoms with Crippen LogP contribution in [-0.4, -0.2) is 23.1 Å². The zero-order valence-electron chi connectivity index (χ0n) is 12.7. The zero-order valence-corrected chi connectivity index (χ0v) is 14.3. The molecule has 1 amide bonds. The average molecular weight is 392 g/mol. The second kappa shape index (κ2) is 8.21. The van der Waals surface area contributed by atoms with Crippen molar-refractivity contribution in [3.05, 3.63) is 68.7 Å². The fourth-order valence-corrected chi connectivity index (χ4v) is 1.98. The molecule has 24 heavy (non-hydrogen) atoms. The molecule has 2 rings (SSSR count). The average Bonchev–Trinajstić information content (AvgIpc) is 2.57. The van der Waals surface area contributed by atoms with E-state index in [1.807, 2.05) is 12.1 Å². The van der Waals surface area contributed by atoms with E-state index in [1.165, 1.54) is 30.5 Å². The first kappa shape index (κ1) is 17.6. The van der Waals surface area contributed by atoms with Gasteiger partial charge >= 0.3 is 0 Å². The Morgan fingerprint density at radius 3 is 2.46 bits per heavy atom. The number of amides is 1. The van der Waals surface area contributed by atoms with Crippen LogP contribution in [-0.2, 0) is 4.79 Å². The van der Waals surface area contributed by atoms with Crippen LogP contribution >= 0.6 is 15.9 Å². The molecule has 2 aromatic carbocycles. The molecule has 0 aliphatic carbocycles. The number of hydrogen-bond donors (Lipinski definition) is 1. The Hall–Kier alpha value is -2.74. The summed E-state index contributed by atoms with van der Waals surface area (Å²) in [6, 6.07) is 12.9. The number of benzene rings is 2. The lowest BCUT2D eigenvalue weighted by atomic mass is 10.2. The van der Waals surface area contributed by atoms with Crippen LogP contribution in [0.4, 0.5) is 5.69 Å². The molecule has 0 aliphatic rings. The first-order valence-corrected chi connectivity index (χ1v) is 7.74. The highest BCUT2D eigenvalue weighted by atomic mass is 79.9. The number of hydrogen-bond acceptors (Lipinski definition) is 5. The number of hydrazone groups is 1. The lowest BCUT2D eigenvalue weighted by Crippen LogP contribution is -2.33. The minimum atomic E-state index is -0.722. The number of carbonyl (C=O) groups is 1. The number of non-ortho nitro benzene ring substituents is 1. The third-order valence-electron chi connectivity index (χ3n) is 2.99. The summed E-state index contributed by atoms with van der Waals surface area (Å²) in [5, 5.41) is 14.4. The molecule has 1 atom stereocenters. The van der Waals surface area contributed by atoms with Gasteiger partial charge < -0.3 is 4.74 Å². The van der Waals surface area contributed by atoms with Crippen molar-refractivity contribution in [1.29, 1.82) is 0 Å². The normalized spacial score (nSPS) is 11.9. The van der Waals surface area contributed by atoms with Crippen LogP contribution in [0, 0.1) is 10.1 Å². The van der Waals surface area contributed by atoms with E-state index in [2.05, 4.69) is 26.5 Å². The SMILES string of the molecule is C[C@H](Oc1ccc(Br)cc1)C(=O)N/N=C\c1ccc([N+](=O)[O-])cc1. The van der Waals surface area contributed by atoms with Gasteiger partial charge in [0.1, 0.15) is 5.75 Å². The van der Waals surface area contributed by atoms with E-state index in [-0.39, 0.29) is 5.69 Å². The van der Waals surface area contributed by atoms with Gasteiger partial charge in [-0.25, -0.2) is 5.43 Å². The molecule has 0 saturated carbocycles. The number of halogens is 1. The molecule has 0 saturated heterocycles. The molecule has 0 aromatic heterocycles. The zero-order chi connectivity index (χ0) is 17.5. The molecule has 0 unspecified atom stereocenters. The Morgan fingerprint density at radius 1 is 1.25 bits per heavy atom. The van der Waals surface area contributed by atoms with E-state index in [1.54, 1.807) is 19.1 Å². The molecule has 124 valence electrons. The highest BCUT2D eigenvalue weighted by Gasteiger charge is 2.13. The van der Waals surface area contributed by atoms with Crippen molar-refractivity contribution in [2.45, 2.75) is 13.0 Å². The maximum absolute atomic E-state index is 11.9. The van der Waals surface area contributed by atoms with Crippen molar-refractivity contribution in [2.75, 3.05) is 0 Å². The molecule has 0 aliphatic heterocycles. The maximum atomic E-state index is 11.9. The first-order chi connectivity index (χ1) is 11.5. The second-order valence-electron chi connectivity index (χ2n) is 4.80. The second-order valence-corrected chi connectivity index (χ2v) is 5.71. The van der Waals surface area contributed by atoms with E-state index in [9.17, 15) is 14.9 Å². The fraction of sp³-hybridized carbons (Fsp3) is 0.125.